The SMILES string of the molecule is CCN1CCn2c(c3c(c(O)c2=O)C(=O)N(CC2CCC(F)C(Cl)C2)C3=O)C1=O. The molecule has 3 atom stereocenters. The highest BCUT2D eigenvalue weighted by Crippen LogP contribution is 2.36. The minimum Gasteiger partial charge on any atom is -0.502 e. The predicted molar refractivity (Wildman–Crippen MR) is 101 cm³/mol. The van der Waals surface area contributed by atoms with Gasteiger partial charge in [0.2, 0.25) is 0 Å². The number of halogens is 2. The number of carbonyl (C=O) groups is 3. The number of aromatic hydroxyl groups is 1. The highest BCUT2D eigenvalue weighted by molar-refractivity contribution is 6.25. The first-order valence-corrected chi connectivity index (χ1v) is 10.1. The summed E-state index contributed by atoms with van der Waals surface area (Å²) in [4.78, 5) is 53.8. The van der Waals surface area contributed by atoms with Gasteiger partial charge in [0.15, 0.2) is 5.75 Å². The van der Waals surface area contributed by atoms with E-state index in [0.29, 0.717) is 19.4 Å². The number of pyridine rings is 1. The van der Waals surface area contributed by atoms with Crippen molar-refractivity contribution < 1.29 is 23.9 Å². The van der Waals surface area contributed by atoms with Gasteiger partial charge in [-0.25, -0.2) is 4.39 Å². The van der Waals surface area contributed by atoms with Crippen LogP contribution in [0.25, 0.3) is 0 Å². The smallest absolute Gasteiger partial charge is 0.294 e. The second kappa shape index (κ2) is 7.12. The highest BCUT2D eigenvalue weighted by atomic mass is 35.5. The minimum absolute atomic E-state index is 0.00103. The van der Waals surface area contributed by atoms with E-state index in [1.54, 1.807) is 6.92 Å². The molecule has 0 bridgehead atoms. The number of aromatic nitrogens is 1. The maximum Gasteiger partial charge on any atom is 0.294 e. The molecule has 2 aliphatic heterocycles. The summed E-state index contributed by atoms with van der Waals surface area (Å²) < 4.78 is 14.7. The van der Waals surface area contributed by atoms with E-state index in [2.05, 4.69) is 0 Å². The number of likely N-dealkylation sites (N-methyl/N-ethyl adjacent to an activating group) is 1. The van der Waals surface area contributed by atoms with E-state index >= 15 is 0 Å². The Kier molecular flexibility index (Phi) is 4.88. The molecular weight excluding hydrogens is 405 g/mol. The predicted octanol–water partition coefficient (Wildman–Crippen LogP) is 1.37. The topological polar surface area (TPSA) is 99.9 Å². The molecule has 29 heavy (non-hydrogen) atoms. The van der Waals surface area contributed by atoms with Crippen molar-refractivity contribution >= 4 is 29.3 Å². The van der Waals surface area contributed by atoms with Gasteiger partial charge in [0, 0.05) is 26.2 Å². The van der Waals surface area contributed by atoms with E-state index in [4.69, 9.17) is 11.6 Å². The van der Waals surface area contributed by atoms with Gasteiger partial charge in [-0.1, -0.05) is 0 Å². The van der Waals surface area contributed by atoms with Crippen LogP contribution in [0.5, 0.6) is 5.75 Å². The van der Waals surface area contributed by atoms with Gasteiger partial charge in [-0.15, -0.1) is 11.6 Å². The molecule has 1 aromatic heterocycles. The Morgan fingerprint density at radius 1 is 1.07 bits per heavy atom. The largest absolute Gasteiger partial charge is 0.502 e. The lowest BCUT2D eigenvalue weighted by Gasteiger charge is -2.30. The van der Waals surface area contributed by atoms with Crippen molar-refractivity contribution in [1.82, 2.24) is 14.4 Å². The summed E-state index contributed by atoms with van der Waals surface area (Å²) in [7, 11) is 0. The van der Waals surface area contributed by atoms with Crippen LogP contribution in [-0.4, -0.2) is 68.4 Å². The Hall–Kier alpha value is -2.42. The normalized spacial score (nSPS) is 26.7. The molecule has 8 nitrogen and oxygen atoms in total. The Morgan fingerprint density at radius 2 is 1.76 bits per heavy atom. The van der Waals surface area contributed by atoms with Crippen LogP contribution in [0.3, 0.4) is 0 Å². The number of fused-ring (bicyclic) bond motifs is 3. The van der Waals surface area contributed by atoms with Crippen LogP contribution in [0.2, 0.25) is 0 Å². The zero-order chi connectivity index (χ0) is 21.0. The molecule has 10 heteroatoms. The summed E-state index contributed by atoms with van der Waals surface area (Å²) in [6, 6.07) is 0. The third-order valence-corrected chi connectivity index (χ3v) is 6.52. The fourth-order valence-corrected chi connectivity index (χ4v) is 4.82. The zero-order valence-electron chi connectivity index (χ0n) is 15.9. The van der Waals surface area contributed by atoms with E-state index in [1.807, 2.05) is 0 Å². The van der Waals surface area contributed by atoms with Crippen LogP contribution in [-0.2, 0) is 6.54 Å². The number of amides is 3. The number of alkyl halides is 2. The van der Waals surface area contributed by atoms with Crippen molar-refractivity contribution in [3.8, 4) is 5.75 Å². The van der Waals surface area contributed by atoms with Crippen molar-refractivity contribution in [1.29, 1.82) is 0 Å². The highest BCUT2D eigenvalue weighted by Gasteiger charge is 2.46. The fourth-order valence-electron chi connectivity index (χ4n) is 4.45. The zero-order valence-corrected chi connectivity index (χ0v) is 16.6. The molecule has 1 fully saturated rings. The summed E-state index contributed by atoms with van der Waals surface area (Å²) in [5, 5.41) is 9.66. The van der Waals surface area contributed by atoms with Crippen molar-refractivity contribution in [2.45, 2.75) is 44.3 Å². The molecule has 1 aliphatic carbocycles. The molecule has 1 saturated carbocycles. The lowest BCUT2D eigenvalue weighted by Crippen LogP contribution is -2.45. The molecule has 3 heterocycles. The first-order chi connectivity index (χ1) is 13.8. The van der Waals surface area contributed by atoms with Gasteiger partial charge >= 0.3 is 0 Å². The maximum absolute atomic E-state index is 13.6. The average molecular weight is 426 g/mol. The molecule has 0 spiro atoms. The van der Waals surface area contributed by atoms with Crippen LogP contribution >= 0.6 is 11.6 Å². The Labute approximate surface area is 170 Å². The second-order valence-electron chi connectivity index (χ2n) is 7.72. The van der Waals surface area contributed by atoms with Gasteiger partial charge < -0.3 is 10.0 Å². The number of hydrogen-bond donors (Lipinski definition) is 1. The van der Waals surface area contributed by atoms with Gasteiger partial charge in [-0.05, 0) is 32.1 Å². The summed E-state index contributed by atoms with van der Waals surface area (Å²) >= 11 is 6.00. The Bertz CT molecular complexity index is 978. The third kappa shape index (κ3) is 2.94. The van der Waals surface area contributed by atoms with Crippen LogP contribution in [0, 0.1) is 5.92 Å². The average Bonchev–Trinajstić information content (AvgIpc) is 2.93. The quantitative estimate of drug-likeness (QED) is 0.582. The van der Waals surface area contributed by atoms with Crippen LogP contribution < -0.4 is 5.56 Å². The number of carbonyl (C=O) groups excluding carboxylic acids is 3. The Balaban J connectivity index is 1.74. The van der Waals surface area contributed by atoms with Crippen molar-refractivity contribution in [2.24, 2.45) is 5.92 Å². The van der Waals surface area contributed by atoms with E-state index in [1.165, 1.54) is 4.90 Å². The number of rotatable bonds is 3. The summed E-state index contributed by atoms with van der Waals surface area (Å²) in [5.74, 6) is -3.05. The molecular formula is C19H21ClFN3O5. The lowest BCUT2D eigenvalue weighted by atomic mass is 9.87. The van der Waals surface area contributed by atoms with Crippen LogP contribution in [0.4, 0.5) is 4.39 Å². The maximum atomic E-state index is 13.6. The lowest BCUT2D eigenvalue weighted by molar-refractivity contribution is 0.0597. The molecule has 0 radical (unpaired) electrons. The van der Waals surface area contributed by atoms with Crippen molar-refractivity contribution in [2.75, 3.05) is 19.6 Å². The van der Waals surface area contributed by atoms with E-state index < -0.39 is 46.1 Å². The monoisotopic (exact) mass is 425 g/mol. The third-order valence-electron chi connectivity index (χ3n) is 6.07. The second-order valence-corrected chi connectivity index (χ2v) is 8.28. The fraction of sp³-hybridized carbons (Fsp3) is 0.579. The molecule has 0 saturated heterocycles. The molecule has 156 valence electrons. The van der Waals surface area contributed by atoms with Gasteiger partial charge in [-0.3, -0.25) is 28.6 Å². The number of hydrogen-bond acceptors (Lipinski definition) is 5. The van der Waals surface area contributed by atoms with Crippen molar-refractivity contribution in [3.05, 3.63) is 27.2 Å². The number of imide groups is 1. The van der Waals surface area contributed by atoms with E-state index in [9.17, 15) is 28.7 Å². The van der Waals surface area contributed by atoms with Crippen LogP contribution in [0.15, 0.2) is 4.79 Å². The van der Waals surface area contributed by atoms with Gasteiger partial charge in [0.05, 0.1) is 10.9 Å². The standard InChI is InChI=1S/C19H21ClFN3O5/c1-2-22-5-6-23-14(18(22)28)12-13(15(25)19(23)29)17(27)24(16(12)26)8-9-3-4-11(21)10(20)7-9/h9-11,25H,2-8H2,1H3. The molecule has 0 aromatic carbocycles. The summed E-state index contributed by atoms with van der Waals surface area (Å²) in [6.07, 6.45) is -0.105. The van der Waals surface area contributed by atoms with E-state index in [0.717, 1.165) is 9.47 Å². The van der Waals surface area contributed by atoms with Gasteiger partial charge in [-0.2, -0.15) is 0 Å². The number of nitrogens with zero attached hydrogens (tertiary/aromatic N) is 3. The minimum atomic E-state index is -1.12. The molecule has 4 rings (SSSR count). The first-order valence-electron chi connectivity index (χ1n) is 9.69. The molecule has 3 amide bonds. The van der Waals surface area contributed by atoms with Gasteiger partial charge in [0.25, 0.3) is 23.3 Å². The molecule has 3 aliphatic rings. The van der Waals surface area contributed by atoms with E-state index in [-0.39, 0.29) is 43.2 Å². The Morgan fingerprint density at radius 3 is 2.41 bits per heavy atom. The molecule has 1 N–H and O–H groups in total. The summed E-state index contributed by atoms with van der Waals surface area (Å²) in [5.41, 5.74) is -1.65. The molecule has 1 aromatic rings. The van der Waals surface area contributed by atoms with Crippen LogP contribution in [0.1, 0.15) is 57.4 Å². The first kappa shape index (κ1) is 19.9. The summed E-state index contributed by atoms with van der Waals surface area (Å²) in [6.45, 7) is 2.56. The molecule has 3 unspecified atom stereocenters. The van der Waals surface area contributed by atoms with Crippen molar-refractivity contribution in [3.63, 3.8) is 0 Å². The van der Waals surface area contributed by atoms with Gasteiger partial charge in [0.1, 0.15) is 17.4 Å².